The molecule has 2 heterocycles. The first-order chi connectivity index (χ1) is 6.53. The summed E-state index contributed by atoms with van der Waals surface area (Å²) >= 11 is 0. The molecule has 14 heavy (non-hydrogen) atoms. The molecule has 1 N–H and O–H groups in total. The molecule has 0 aliphatic carbocycles. The van der Waals surface area contributed by atoms with Gasteiger partial charge in [0.15, 0.2) is 0 Å². The molecule has 3 unspecified atom stereocenters. The van der Waals surface area contributed by atoms with E-state index in [4.69, 9.17) is 0 Å². The third-order valence-corrected chi connectivity index (χ3v) is 4.44. The maximum atomic E-state index is 10.2. The largest absolute Gasteiger partial charge is 0.393 e. The Morgan fingerprint density at radius 2 is 1.93 bits per heavy atom. The summed E-state index contributed by atoms with van der Waals surface area (Å²) in [5, 5.41) is 10.2. The Morgan fingerprint density at radius 3 is 2.64 bits per heavy atom. The number of hydrogen-bond donors (Lipinski definition) is 1. The highest BCUT2D eigenvalue weighted by atomic mass is 16.3. The van der Waals surface area contributed by atoms with Crippen molar-refractivity contribution in [2.75, 3.05) is 6.54 Å². The molecular weight excluding hydrogens is 174 g/mol. The zero-order valence-corrected chi connectivity index (χ0v) is 9.66. The lowest BCUT2D eigenvalue weighted by Gasteiger charge is -2.39. The molecule has 0 spiro atoms. The third kappa shape index (κ3) is 1.49. The highest BCUT2D eigenvalue weighted by Gasteiger charge is 2.45. The van der Waals surface area contributed by atoms with E-state index in [1.807, 2.05) is 0 Å². The Balaban J connectivity index is 2.25. The second-order valence-corrected chi connectivity index (χ2v) is 5.66. The van der Waals surface area contributed by atoms with Gasteiger partial charge in [-0.2, -0.15) is 0 Å². The molecule has 3 atom stereocenters. The van der Waals surface area contributed by atoms with Crippen molar-refractivity contribution in [3.63, 3.8) is 0 Å². The Bertz CT molecular complexity index is 214. The molecule has 2 heteroatoms. The molecule has 0 radical (unpaired) electrons. The zero-order valence-electron chi connectivity index (χ0n) is 9.66. The summed E-state index contributed by atoms with van der Waals surface area (Å²) in [7, 11) is 0. The van der Waals surface area contributed by atoms with E-state index in [-0.39, 0.29) is 11.5 Å². The van der Waals surface area contributed by atoms with Crippen molar-refractivity contribution in [3.05, 3.63) is 0 Å². The summed E-state index contributed by atoms with van der Waals surface area (Å²) in [6.07, 6.45) is 4.60. The van der Waals surface area contributed by atoms with Crippen LogP contribution in [-0.2, 0) is 0 Å². The number of aliphatic hydroxyl groups excluding tert-OH is 1. The van der Waals surface area contributed by atoms with Gasteiger partial charge in [-0.3, -0.25) is 4.90 Å². The molecule has 0 amide bonds. The first kappa shape index (κ1) is 10.4. The zero-order chi connectivity index (χ0) is 10.3. The van der Waals surface area contributed by atoms with E-state index in [1.165, 1.54) is 19.4 Å². The van der Waals surface area contributed by atoms with Gasteiger partial charge >= 0.3 is 0 Å². The van der Waals surface area contributed by atoms with Crippen molar-refractivity contribution in [3.8, 4) is 0 Å². The fourth-order valence-electron chi connectivity index (χ4n) is 3.27. The first-order valence-corrected chi connectivity index (χ1v) is 5.97. The minimum Gasteiger partial charge on any atom is -0.393 e. The van der Waals surface area contributed by atoms with E-state index in [9.17, 15) is 5.11 Å². The van der Waals surface area contributed by atoms with Crippen molar-refractivity contribution >= 4 is 0 Å². The maximum Gasteiger partial charge on any atom is 0.0606 e. The topological polar surface area (TPSA) is 23.5 Å². The predicted octanol–water partition coefficient (Wildman–Crippen LogP) is 2.02. The van der Waals surface area contributed by atoms with Crippen LogP contribution in [0.15, 0.2) is 0 Å². The number of rotatable bonds is 0. The molecule has 0 saturated carbocycles. The summed E-state index contributed by atoms with van der Waals surface area (Å²) in [5.41, 5.74) is 0.0846. The molecule has 82 valence electrons. The van der Waals surface area contributed by atoms with Gasteiger partial charge in [0.1, 0.15) is 0 Å². The van der Waals surface area contributed by atoms with Gasteiger partial charge in [-0.25, -0.2) is 0 Å². The second kappa shape index (κ2) is 3.49. The smallest absolute Gasteiger partial charge is 0.0606 e. The molecule has 2 aliphatic rings. The van der Waals surface area contributed by atoms with Crippen LogP contribution >= 0.6 is 0 Å². The van der Waals surface area contributed by atoms with Crippen molar-refractivity contribution in [2.24, 2.45) is 5.41 Å². The maximum absolute atomic E-state index is 10.2. The van der Waals surface area contributed by atoms with Gasteiger partial charge in [0.25, 0.3) is 0 Å². The monoisotopic (exact) mass is 197 g/mol. The Kier molecular flexibility index (Phi) is 2.61. The van der Waals surface area contributed by atoms with E-state index >= 15 is 0 Å². The third-order valence-electron chi connectivity index (χ3n) is 4.44. The average molecular weight is 197 g/mol. The molecule has 0 aromatic rings. The minimum atomic E-state index is -0.113. The number of fused-ring (bicyclic) bond motifs is 1. The highest BCUT2D eigenvalue weighted by molar-refractivity contribution is 4.98. The Labute approximate surface area is 87.3 Å². The van der Waals surface area contributed by atoms with Crippen LogP contribution in [0, 0.1) is 5.41 Å². The molecular formula is C12H23NO. The van der Waals surface area contributed by atoms with Gasteiger partial charge in [0.2, 0.25) is 0 Å². The second-order valence-electron chi connectivity index (χ2n) is 5.66. The lowest BCUT2D eigenvalue weighted by molar-refractivity contribution is 0.00291. The van der Waals surface area contributed by atoms with Gasteiger partial charge in [-0.15, -0.1) is 0 Å². The van der Waals surface area contributed by atoms with Crippen molar-refractivity contribution in [1.82, 2.24) is 4.90 Å². The molecule has 2 fully saturated rings. The van der Waals surface area contributed by atoms with Crippen molar-refractivity contribution < 1.29 is 5.11 Å². The summed E-state index contributed by atoms with van der Waals surface area (Å²) in [4.78, 5) is 2.62. The number of aliphatic hydroxyl groups is 1. The van der Waals surface area contributed by atoms with Crippen LogP contribution in [0.1, 0.15) is 46.5 Å². The standard InChI is InChI=1S/C12H23NO/c1-9-6-7-11(14)12(2,3)10-5-4-8-13(9)10/h9-11,14H,4-8H2,1-3H3. The van der Waals surface area contributed by atoms with Gasteiger partial charge < -0.3 is 5.11 Å². The normalized spacial score (nSPS) is 43.3. The van der Waals surface area contributed by atoms with Crippen molar-refractivity contribution in [2.45, 2.75) is 64.6 Å². The van der Waals surface area contributed by atoms with E-state index in [2.05, 4.69) is 25.7 Å². The molecule has 0 aromatic carbocycles. The highest BCUT2D eigenvalue weighted by Crippen LogP contribution is 2.41. The predicted molar refractivity (Wildman–Crippen MR) is 58.2 cm³/mol. The molecule has 2 nitrogen and oxygen atoms in total. The Hall–Kier alpha value is -0.0800. The number of nitrogens with zero attached hydrogens (tertiary/aromatic N) is 1. The van der Waals surface area contributed by atoms with Gasteiger partial charge in [-0.1, -0.05) is 13.8 Å². The lowest BCUT2D eigenvalue weighted by atomic mass is 9.77. The fourth-order valence-corrected chi connectivity index (χ4v) is 3.27. The van der Waals surface area contributed by atoms with Crippen LogP contribution in [-0.4, -0.2) is 34.7 Å². The number of hydrogen-bond acceptors (Lipinski definition) is 2. The summed E-state index contributed by atoms with van der Waals surface area (Å²) in [5.74, 6) is 0. The molecule has 2 rings (SSSR count). The van der Waals surface area contributed by atoms with Gasteiger partial charge in [-0.05, 0) is 39.2 Å². The SMILES string of the molecule is CC1CCC(O)C(C)(C)C2CCCN12. The van der Waals surface area contributed by atoms with E-state index in [0.717, 1.165) is 12.8 Å². The lowest BCUT2D eigenvalue weighted by Crippen LogP contribution is -2.47. The van der Waals surface area contributed by atoms with E-state index in [0.29, 0.717) is 12.1 Å². The van der Waals surface area contributed by atoms with Gasteiger partial charge in [0.05, 0.1) is 6.10 Å². The minimum absolute atomic E-state index is 0.0846. The molecule has 2 saturated heterocycles. The quantitative estimate of drug-likeness (QED) is 0.642. The van der Waals surface area contributed by atoms with Crippen LogP contribution in [0.5, 0.6) is 0 Å². The van der Waals surface area contributed by atoms with Gasteiger partial charge in [0, 0.05) is 17.5 Å². The summed E-state index contributed by atoms with van der Waals surface area (Å²) in [6, 6.07) is 1.27. The first-order valence-electron chi connectivity index (χ1n) is 5.97. The summed E-state index contributed by atoms with van der Waals surface area (Å²) < 4.78 is 0. The van der Waals surface area contributed by atoms with Crippen molar-refractivity contribution in [1.29, 1.82) is 0 Å². The molecule has 2 aliphatic heterocycles. The average Bonchev–Trinajstić information content (AvgIpc) is 2.59. The summed E-state index contributed by atoms with van der Waals surface area (Å²) in [6.45, 7) is 8.02. The fraction of sp³-hybridized carbons (Fsp3) is 1.00. The van der Waals surface area contributed by atoms with Crippen LogP contribution in [0.25, 0.3) is 0 Å². The van der Waals surface area contributed by atoms with E-state index < -0.39 is 0 Å². The Morgan fingerprint density at radius 1 is 1.21 bits per heavy atom. The van der Waals surface area contributed by atoms with E-state index in [1.54, 1.807) is 0 Å². The molecule has 0 aromatic heterocycles. The van der Waals surface area contributed by atoms with Crippen LogP contribution in [0.4, 0.5) is 0 Å². The van der Waals surface area contributed by atoms with Crippen LogP contribution in [0.2, 0.25) is 0 Å². The van der Waals surface area contributed by atoms with Crippen LogP contribution < -0.4 is 0 Å². The molecule has 0 bridgehead atoms. The van der Waals surface area contributed by atoms with Crippen LogP contribution in [0.3, 0.4) is 0 Å².